The van der Waals surface area contributed by atoms with Crippen molar-refractivity contribution >= 4 is 17.0 Å². The lowest BCUT2D eigenvalue weighted by atomic mass is 10.3. The molecule has 0 atom stereocenters. The van der Waals surface area contributed by atoms with Crippen LogP contribution in [-0.2, 0) is 6.54 Å². The molecule has 7 nitrogen and oxygen atoms in total. The Kier molecular flexibility index (Phi) is 3.00. The number of aromatic nitrogens is 3. The molecule has 0 bridgehead atoms. The van der Waals surface area contributed by atoms with Crippen LogP contribution in [0.4, 0.5) is 11.4 Å². The number of hydrogen-bond acceptors (Lipinski definition) is 5. The lowest BCUT2D eigenvalue weighted by molar-refractivity contribution is -0.384. The van der Waals surface area contributed by atoms with Crippen LogP contribution in [0.2, 0.25) is 0 Å². The third-order valence-electron chi connectivity index (χ3n) is 2.92. The highest BCUT2D eigenvalue weighted by Gasteiger charge is 2.05. The molecule has 2 aromatic heterocycles. The van der Waals surface area contributed by atoms with Gasteiger partial charge in [-0.2, -0.15) is 5.10 Å². The molecule has 0 unspecified atom stereocenters. The van der Waals surface area contributed by atoms with E-state index in [1.165, 1.54) is 12.1 Å². The molecule has 0 saturated carbocycles. The summed E-state index contributed by atoms with van der Waals surface area (Å²) in [5, 5.41) is 18.0. The summed E-state index contributed by atoms with van der Waals surface area (Å²) < 4.78 is 1.75. The zero-order valence-corrected chi connectivity index (χ0v) is 10.4. The van der Waals surface area contributed by atoms with Crippen LogP contribution in [0.5, 0.6) is 0 Å². The van der Waals surface area contributed by atoms with Gasteiger partial charge in [-0.1, -0.05) is 0 Å². The Morgan fingerprint density at radius 2 is 1.95 bits per heavy atom. The van der Waals surface area contributed by atoms with Gasteiger partial charge < -0.3 is 5.32 Å². The van der Waals surface area contributed by atoms with E-state index >= 15 is 0 Å². The van der Waals surface area contributed by atoms with Crippen molar-refractivity contribution in [1.29, 1.82) is 0 Å². The summed E-state index contributed by atoms with van der Waals surface area (Å²) in [6.07, 6.45) is 3.42. The second-order valence-corrected chi connectivity index (χ2v) is 4.19. The average Bonchev–Trinajstić information content (AvgIpc) is 2.94. The molecule has 3 rings (SSSR count). The molecule has 20 heavy (non-hydrogen) atoms. The highest BCUT2D eigenvalue weighted by molar-refractivity contribution is 5.49. The smallest absolute Gasteiger partial charge is 0.269 e. The van der Waals surface area contributed by atoms with Crippen molar-refractivity contribution in [3.05, 3.63) is 64.6 Å². The van der Waals surface area contributed by atoms with Crippen molar-refractivity contribution in [2.45, 2.75) is 6.54 Å². The Hall–Kier alpha value is -2.96. The molecule has 0 fully saturated rings. The lowest BCUT2D eigenvalue weighted by Crippen LogP contribution is -2.06. The first kappa shape index (κ1) is 12.1. The van der Waals surface area contributed by atoms with E-state index in [1.807, 2.05) is 12.1 Å². The van der Waals surface area contributed by atoms with Gasteiger partial charge in [-0.15, -0.1) is 0 Å². The minimum Gasteiger partial charge on any atom is -0.379 e. The third kappa shape index (κ3) is 2.28. The number of fused-ring (bicyclic) bond motifs is 1. The molecule has 100 valence electrons. The molecular weight excluding hydrogens is 258 g/mol. The van der Waals surface area contributed by atoms with Crippen LogP contribution in [-0.4, -0.2) is 19.5 Å². The van der Waals surface area contributed by atoms with Gasteiger partial charge in [0, 0.05) is 30.1 Å². The van der Waals surface area contributed by atoms with Crippen LogP contribution in [0.3, 0.4) is 0 Å². The largest absolute Gasteiger partial charge is 0.379 e. The molecular formula is C13H11N5O2. The molecule has 0 spiro atoms. The maximum atomic E-state index is 10.6. The van der Waals surface area contributed by atoms with Gasteiger partial charge in [0.1, 0.15) is 0 Å². The normalized spacial score (nSPS) is 10.6. The number of hydrogen-bond donors (Lipinski definition) is 1. The Bertz CT molecular complexity index is 751. The average molecular weight is 269 g/mol. The molecule has 0 aliphatic carbocycles. The van der Waals surface area contributed by atoms with Gasteiger partial charge in [-0.25, -0.2) is 9.50 Å². The zero-order chi connectivity index (χ0) is 13.9. The minimum atomic E-state index is -0.417. The van der Waals surface area contributed by atoms with Gasteiger partial charge in [0.15, 0.2) is 5.65 Å². The highest BCUT2D eigenvalue weighted by atomic mass is 16.6. The molecule has 0 amide bonds. The highest BCUT2D eigenvalue weighted by Crippen LogP contribution is 2.16. The summed E-state index contributed by atoms with van der Waals surface area (Å²) in [5.74, 6) is 0. The van der Waals surface area contributed by atoms with Crippen molar-refractivity contribution in [2.75, 3.05) is 5.32 Å². The SMILES string of the molecule is O=[N+]([O-])c1ccc(NCc2ccnc3ccnn23)cc1. The summed E-state index contributed by atoms with van der Waals surface area (Å²) in [6, 6.07) is 10.0. The van der Waals surface area contributed by atoms with Gasteiger partial charge in [0.05, 0.1) is 23.4 Å². The monoisotopic (exact) mass is 269 g/mol. The van der Waals surface area contributed by atoms with E-state index in [4.69, 9.17) is 0 Å². The van der Waals surface area contributed by atoms with Crippen molar-refractivity contribution in [3.8, 4) is 0 Å². The summed E-state index contributed by atoms with van der Waals surface area (Å²) in [5.41, 5.74) is 2.63. The maximum absolute atomic E-state index is 10.6. The molecule has 0 aliphatic heterocycles. The molecule has 0 radical (unpaired) electrons. The fourth-order valence-electron chi connectivity index (χ4n) is 1.91. The Balaban J connectivity index is 1.76. The van der Waals surface area contributed by atoms with Gasteiger partial charge in [0.2, 0.25) is 0 Å². The third-order valence-corrected chi connectivity index (χ3v) is 2.92. The second kappa shape index (κ2) is 4.96. The van der Waals surface area contributed by atoms with E-state index in [1.54, 1.807) is 29.0 Å². The van der Waals surface area contributed by atoms with Gasteiger partial charge in [-0.05, 0) is 18.2 Å². The summed E-state index contributed by atoms with van der Waals surface area (Å²) >= 11 is 0. The fraction of sp³-hybridized carbons (Fsp3) is 0.0769. The molecule has 2 heterocycles. The van der Waals surface area contributed by atoms with E-state index in [2.05, 4.69) is 15.4 Å². The number of benzene rings is 1. The van der Waals surface area contributed by atoms with Crippen LogP contribution in [0.15, 0.2) is 48.8 Å². The quantitative estimate of drug-likeness (QED) is 0.580. The summed E-state index contributed by atoms with van der Waals surface area (Å²) in [7, 11) is 0. The Morgan fingerprint density at radius 1 is 1.15 bits per heavy atom. The van der Waals surface area contributed by atoms with E-state index in [9.17, 15) is 10.1 Å². The second-order valence-electron chi connectivity index (χ2n) is 4.19. The Labute approximate surface area is 114 Å². The fourth-order valence-corrected chi connectivity index (χ4v) is 1.91. The number of rotatable bonds is 4. The standard InChI is InChI=1S/C13H11N5O2/c19-18(20)11-3-1-10(2-4-11)15-9-12-5-7-14-13-6-8-16-17(12)13/h1-8,15H,9H2. The first-order chi connectivity index (χ1) is 9.74. The Morgan fingerprint density at radius 3 is 2.70 bits per heavy atom. The predicted molar refractivity (Wildman–Crippen MR) is 73.4 cm³/mol. The van der Waals surface area contributed by atoms with Gasteiger partial charge in [-0.3, -0.25) is 10.1 Å². The maximum Gasteiger partial charge on any atom is 0.269 e. The van der Waals surface area contributed by atoms with Crippen LogP contribution in [0.1, 0.15) is 5.69 Å². The summed E-state index contributed by atoms with van der Waals surface area (Å²) in [4.78, 5) is 14.3. The first-order valence-corrected chi connectivity index (χ1v) is 6.00. The van der Waals surface area contributed by atoms with Crippen LogP contribution >= 0.6 is 0 Å². The molecule has 3 aromatic rings. The molecule has 1 aromatic carbocycles. The topological polar surface area (TPSA) is 85.4 Å². The summed E-state index contributed by atoms with van der Waals surface area (Å²) in [6.45, 7) is 0.554. The number of nitrogens with one attached hydrogen (secondary N) is 1. The molecule has 1 N–H and O–H groups in total. The minimum absolute atomic E-state index is 0.0777. The van der Waals surface area contributed by atoms with Crippen LogP contribution in [0, 0.1) is 10.1 Å². The van der Waals surface area contributed by atoms with E-state index in [0.29, 0.717) is 6.54 Å². The van der Waals surface area contributed by atoms with Crippen molar-refractivity contribution in [1.82, 2.24) is 14.6 Å². The van der Waals surface area contributed by atoms with Crippen molar-refractivity contribution < 1.29 is 4.92 Å². The predicted octanol–water partition coefficient (Wildman–Crippen LogP) is 2.25. The number of non-ortho nitro benzene ring substituents is 1. The van der Waals surface area contributed by atoms with Crippen LogP contribution < -0.4 is 5.32 Å². The zero-order valence-electron chi connectivity index (χ0n) is 10.4. The van der Waals surface area contributed by atoms with Crippen LogP contribution in [0.25, 0.3) is 5.65 Å². The lowest BCUT2D eigenvalue weighted by Gasteiger charge is -2.07. The van der Waals surface area contributed by atoms with E-state index in [-0.39, 0.29) is 5.69 Å². The van der Waals surface area contributed by atoms with E-state index < -0.39 is 4.92 Å². The first-order valence-electron chi connectivity index (χ1n) is 6.00. The van der Waals surface area contributed by atoms with Crippen molar-refractivity contribution in [3.63, 3.8) is 0 Å². The molecule has 0 saturated heterocycles. The van der Waals surface area contributed by atoms with Crippen molar-refractivity contribution in [2.24, 2.45) is 0 Å². The number of nitro groups is 1. The number of nitro benzene ring substituents is 1. The number of nitrogens with zero attached hydrogens (tertiary/aromatic N) is 4. The van der Waals surface area contributed by atoms with E-state index in [0.717, 1.165) is 17.0 Å². The number of anilines is 1. The van der Waals surface area contributed by atoms with Gasteiger partial charge >= 0.3 is 0 Å². The molecule has 7 heteroatoms. The van der Waals surface area contributed by atoms with Gasteiger partial charge in [0.25, 0.3) is 5.69 Å². The molecule has 0 aliphatic rings.